The van der Waals surface area contributed by atoms with Crippen LogP contribution in [-0.2, 0) is 23.6 Å². The normalized spacial score (nSPS) is 15.6. The van der Waals surface area contributed by atoms with Crippen LogP contribution in [0.2, 0.25) is 0 Å². The van der Waals surface area contributed by atoms with Crippen molar-refractivity contribution >= 4 is 15.9 Å². The van der Waals surface area contributed by atoms with Gasteiger partial charge in [-0.1, -0.05) is 30.3 Å². The number of nitrogens with zero attached hydrogens (tertiary/aromatic N) is 4. The van der Waals surface area contributed by atoms with Gasteiger partial charge in [0.25, 0.3) is 5.91 Å². The molecular weight excluding hydrogens is 426 g/mol. The zero-order chi connectivity index (χ0) is 22.7. The second-order valence-electron chi connectivity index (χ2n) is 8.02. The van der Waals surface area contributed by atoms with Crippen molar-refractivity contribution in [2.24, 2.45) is 7.05 Å². The molecule has 4 rings (SSSR count). The maximum atomic E-state index is 13.4. The van der Waals surface area contributed by atoms with Gasteiger partial charge in [0.2, 0.25) is 10.0 Å². The lowest BCUT2D eigenvalue weighted by atomic mass is 10.0. The molecule has 1 aliphatic heterocycles. The number of likely N-dealkylation sites (N-methyl/N-ethyl adjacent to an activating group) is 1. The lowest BCUT2D eigenvalue weighted by Gasteiger charge is -2.31. The molecule has 2 aromatic carbocycles. The molecule has 1 aromatic heterocycles. The van der Waals surface area contributed by atoms with Crippen LogP contribution in [0.4, 0.5) is 0 Å². The minimum atomic E-state index is -3.72. The number of amides is 1. The largest absolute Gasteiger partial charge is 0.348 e. The highest BCUT2D eigenvalue weighted by Gasteiger charge is 2.28. The molecule has 1 fully saturated rings. The number of hydrogen-bond donors (Lipinski definition) is 1. The lowest BCUT2D eigenvalue weighted by molar-refractivity contribution is 0.0950. The highest BCUT2D eigenvalue weighted by molar-refractivity contribution is 7.89. The van der Waals surface area contributed by atoms with E-state index in [0.717, 1.165) is 11.1 Å². The van der Waals surface area contributed by atoms with Crippen molar-refractivity contribution in [3.63, 3.8) is 0 Å². The quantitative estimate of drug-likeness (QED) is 0.617. The molecule has 0 spiro atoms. The molecule has 0 radical (unpaired) electrons. The molecule has 1 saturated heterocycles. The van der Waals surface area contributed by atoms with Gasteiger partial charge in [-0.05, 0) is 36.4 Å². The van der Waals surface area contributed by atoms with E-state index in [-0.39, 0.29) is 10.8 Å². The third-order valence-corrected chi connectivity index (χ3v) is 7.46. The van der Waals surface area contributed by atoms with Crippen molar-refractivity contribution in [3.05, 3.63) is 72.1 Å². The fraction of sp³-hybridized carbons (Fsp3) is 0.304. The van der Waals surface area contributed by atoms with E-state index >= 15 is 0 Å². The summed E-state index contributed by atoms with van der Waals surface area (Å²) in [6, 6.07) is 14.3. The monoisotopic (exact) mass is 453 g/mol. The van der Waals surface area contributed by atoms with Gasteiger partial charge >= 0.3 is 0 Å². The van der Waals surface area contributed by atoms with Crippen molar-refractivity contribution in [3.8, 4) is 11.1 Å². The molecule has 168 valence electrons. The fourth-order valence-corrected chi connectivity index (χ4v) is 5.20. The van der Waals surface area contributed by atoms with Crippen LogP contribution in [0.3, 0.4) is 0 Å². The van der Waals surface area contributed by atoms with Crippen LogP contribution in [0, 0.1) is 0 Å². The Bertz CT molecular complexity index is 1200. The van der Waals surface area contributed by atoms with Crippen LogP contribution < -0.4 is 5.32 Å². The number of aryl methyl sites for hydroxylation is 1. The molecule has 8 nitrogen and oxygen atoms in total. The van der Waals surface area contributed by atoms with E-state index in [1.165, 1.54) is 10.4 Å². The molecule has 32 heavy (non-hydrogen) atoms. The Morgan fingerprint density at radius 1 is 1.00 bits per heavy atom. The van der Waals surface area contributed by atoms with Gasteiger partial charge in [0.15, 0.2) is 0 Å². The number of rotatable bonds is 6. The van der Waals surface area contributed by atoms with Crippen LogP contribution in [0.15, 0.2) is 65.8 Å². The van der Waals surface area contributed by atoms with E-state index in [2.05, 4.69) is 15.3 Å². The van der Waals surface area contributed by atoms with E-state index < -0.39 is 10.0 Å². The van der Waals surface area contributed by atoms with Crippen molar-refractivity contribution in [1.29, 1.82) is 0 Å². The SMILES string of the molecule is CN1CCN(S(=O)(=O)c2cc(C(=O)NCc3cnn(C)c3)cc(-c3ccccc3)c2)CC1. The Labute approximate surface area is 188 Å². The number of carbonyl (C=O) groups excluding carboxylic acids is 1. The van der Waals surface area contributed by atoms with Gasteiger partial charge in [-0.15, -0.1) is 0 Å². The topological polar surface area (TPSA) is 87.5 Å². The molecule has 1 aliphatic rings. The minimum absolute atomic E-state index is 0.134. The minimum Gasteiger partial charge on any atom is -0.348 e. The summed E-state index contributed by atoms with van der Waals surface area (Å²) in [5, 5.41) is 6.97. The summed E-state index contributed by atoms with van der Waals surface area (Å²) in [7, 11) is 0.0641. The summed E-state index contributed by atoms with van der Waals surface area (Å²) in [5.74, 6) is -0.332. The van der Waals surface area contributed by atoms with Gasteiger partial charge in [0.1, 0.15) is 0 Å². The number of hydrogen-bond acceptors (Lipinski definition) is 5. The number of sulfonamides is 1. The van der Waals surface area contributed by atoms with E-state index in [0.29, 0.717) is 43.9 Å². The smallest absolute Gasteiger partial charge is 0.251 e. The maximum Gasteiger partial charge on any atom is 0.251 e. The van der Waals surface area contributed by atoms with Gasteiger partial charge in [0, 0.05) is 57.1 Å². The molecule has 1 N–H and O–H groups in total. The highest BCUT2D eigenvalue weighted by atomic mass is 32.2. The second-order valence-corrected chi connectivity index (χ2v) is 9.96. The summed E-state index contributed by atoms with van der Waals surface area (Å²) in [5.41, 5.74) is 2.71. The number of benzene rings is 2. The van der Waals surface area contributed by atoms with Gasteiger partial charge in [-0.2, -0.15) is 9.40 Å². The van der Waals surface area contributed by atoms with Crippen molar-refractivity contribution in [2.75, 3.05) is 33.2 Å². The Kier molecular flexibility index (Phi) is 6.40. The lowest BCUT2D eigenvalue weighted by Crippen LogP contribution is -2.47. The van der Waals surface area contributed by atoms with E-state index in [1.807, 2.05) is 50.6 Å². The van der Waals surface area contributed by atoms with Crippen LogP contribution in [-0.4, -0.2) is 66.5 Å². The average Bonchev–Trinajstić information content (AvgIpc) is 3.23. The molecule has 0 atom stereocenters. The van der Waals surface area contributed by atoms with Crippen LogP contribution >= 0.6 is 0 Å². The maximum absolute atomic E-state index is 13.4. The molecule has 0 bridgehead atoms. The molecule has 0 aliphatic carbocycles. The van der Waals surface area contributed by atoms with Gasteiger partial charge in [0.05, 0.1) is 11.1 Å². The predicted molar refractivity (Wildman–Crippen MR) is 123 cm³/mol. The Morgan fingerprint density at radius 2 is 1.72 bits per heavy atom. The molecule has 0 unspecified atom stereocenters. The molecule has 2 heterocycles. The molecule has 3 aromatic rings. The second kappa shape index (κ2) is 9.23. The predicted octanol–water partition coefficient (Wildman–Crippen LogP) is 1.95. The third-order valence-electron chi connectivity index (χ3n) is 5.59. The number of aromatic nitrogens is 2. The number of carbonyl (C=O) groups is 1. The van der Waals surface area contributed by atoms with Crippen LogP contribution in [0.5, 0.6) is 0 Å². The third kappa shape index (κ3) is 4.90. The van der Waals surface area contributed by atoms with Gasteiger partial charge in [-0.3, -0.25) is 9.48 Å². The first-order valence-corrected chi connectivity index (χ1v) is 11.9. The van der Waals surface area contributed by atoms with Crippen molar-refractivity contribution in [1.82, 2.24) is 24.3 Å². The summed E-state index contributed by atoms with van der Waals surface area (Å²) >= 11 is 0. The zero-order valence-corrected chi connectivity index (χ0v) is 19.0. The summed E-state index contributed by atoms with van der Waals surface area (Å²) < 4.78 is 30.0. The average molecular weight is 454 g/mol. The highest BCUT2D eigenvalue weighted by Crippen LogP contribution is 2.27. The standard InChI is InChI=1S/C23H27N5O3S/c1-26-8-10-28(11-9-26)32(30,31)22-13-20(19-6-4-3-5-7-19)12-21(14-22)23(29)24-15-18-16-25-27(2)17-18/h3-7,12-14,16-17H,8-11,15H2,1-2H3,(H,24,29). The van der Waals surface area contributed by atoms with Crippen molar-refractivity contribution < 1.29 is 13.2 Å². The first-order valence-electron chi connectivity index (χ1n) is 10.5. The zero-order valence-electron chi connectivity index (χ0n) is 18.2. The number of nitrogens with one attached hydrogen (secondary N) is 1. The Morgan fingerprint density at radius 3 is 2.38 bits per heavy atom. The summed E-state index contributed by atoms with van der Waals surface area (Å²) in [4.78, 5) is 15.2. The Hall–Kier alpha value is -3.01. The summed E-state index contributed by atoms with van der Waals surface area (Å²) in [6.45, 7) is 2.52. The molecule has 9 heteroatoms. The summed E-state index contributed by atoms with van der Waals surface area (Å²) in [6.07, 6.45) is 3.51. The van der Waals surface area contributed by atoms with Gasteiger partial charge in [-0.25, -0.2) is 8.42 Å². The molecule has 1 amide bonds. The Balaban J connectivity index is 1.67. The van der Waals surface area contributed by atoms with Crippen LogP contribution in [0.1, 0.15) is 15.9 Å². The first kappa shape index (κ1) is 22.2. The van der Waals surface area contributed by atoms with Crippen LogP contribution in [0.25, 0.3) is 11.1 Å². The van der Waals surface area contributed by atoms with Crippen molar-refractivity contribution in [2.45, 2.75) is 11.4 Å². The number of piperazine rings is 1. The molecule has 0 saturated carbocycles. The van der Waals surface area contributed by atoms with E-state index in [4.69, 9.17) is 0 Å². The van der Waals surface area contributed by atoms with Gasteiger partial charge < -0.3 is 10.2 Å². The molecular formula is C23H27N5O3S. The first-order chi connectivity index (χ1) is 15.3. The van der Waals surface area contributed by atoms with E-state index in [1.54, 1.807) is 23.0 Å². The fourth-order valence-electron chi connectivity index (χ4n) is 3.70. The van der Waals surface area contributed by atoms with E-state index in [9.17, 15) is 13.2 Å².